The van der Waals surface area contributed by atoms with Crippen LogP contribution in [-0.2, 0) is 4.74 Å². The van der Waals surface area contributed by atoms with Crippen LogP contribution < -0.4 is 5.32 Å². The molecule has 1 atom stereocenters. The van der Waals surface area contributed by atoms with Crippen molar-refractivity contribution in [3.8, 4) is 12.3 Å². The van der Waals surface area contributed by atoms with Crippen molar-refractivity contribution in [2.24, 2.45) is 0 Å². The summed E-state index contributed by atoms with van der Waals surface area (Å²) in [5.74, 6) is 2.64. The Labute approximate surface area is 82.1 Å². The summed E-state index contributed by atoms with van der Waals surface area (Å²) in [6.07, 6.45) is 9.41. The molecule has 0 radical (unpaired) electrons. The fourth-order valence-corrected chi connectivity index (χ4v) is 1.10. The van der Waals surface area contributed by atoms with Gasteiger partial charge in [0.1, 0.15) is 0 Å². The maximum absolute atomic E-state index is 5.15. The zero-order chi connectivity index (χ0) is 9.94. The standard InChI is InChI=1S/C11H21NO/c1-4-5-6-7-9-12-11(2)8-10-13-3/h1,11-12H,5-10H2,2-3H3. The molecule has 0 fully saturated rings. The Kier molecular flexibility index (Phi) is 9.18. The van der Waals surface area contributed by atoms with Gasteiger partial charge in [-0.25, -0.2) is 0 Å². The van der Waals surface area contributed by atoms with Crippen LogP contribution in [0.25, 0.3) is 0 Å². The van der Waals surface area contributed by atoms with Gasteiger partial charge >= 0.3 is 0 Å². The average molecular weight is 183 g/mol. The number of rotatable bonds is 8. The summed E-state index contributed by atoms with van der Waals surface area (Å²) in [6.45, 7) is 4.07. The van der Waals surface area contributed by atoms with Crippen LogP contribution in [0.5, 0.6) is 0 Å². The Hall–Kier alpha value is -0.520. The normalized spacial score (nSPS) is 12.4. The third-order valence-corrected chi connectivity index (χ3v) is 2.00. The lowest BCUT2D eigenvalue weighted by atomic mass is 10.2. The summed E-state index contributed by atoms with van der Waals surface area (Å²) in [5, 5.41) is 3.43. The van der Waals surface area contributed by atoms with Gasteiger partial charge in [0, 0.05) is 26.2 Å². The van der Waals surface area contributed by atoms with E-state index in [0.29, 0.717) is 6.04 Å². The number of methoxy groups -OCH3 is 1. The molecule has 13 heavy (non-hydrogen) atoms. The molecule has 0 aliphatic rings. The lowest BCUT2D eigenvalue weighted by Gasteiger charge is -2.12. The highest BCUT2D eigenvalue weighted by molar-refractivity contribution is 4.82. The molecular weight excluding hydrogens is 162 g/mol. The van der Waals surface area contributed by atoms with Gasteiger partial charge in [-0.15, -0.1) is 12.3 Å². The van der Waals surface area contributed by atoms with Gasteiger partial charge in [0.2, 0.25) is 0 Å². The van der Waals surface area contributed by atoms with Crippen molar-refractivity contribution >= 4 is 0 Å². The number of unbranched alkanes of at least 4 members (excludes halogenated alkanes) is 2. The lowest BCUT2D eigenvalue weighted by molar-refractivity contribution is 0.185. The molecular formula is C11H21NO. The van der Waals surface area contributed by atoms with Gasteiger partial charge in [-0.05, 0) is 32.7 Å². The predicted octanol–water partition coefficient (Wildman–Crippen LogP) is 1.80. The molecule has 0 rings (SSSR count). The number of hydrogen-bond acceptors (Lipinski definition) is 2. The van der Waals surface area contributed by atoms with E-state index in [1.54, 1.807) is 7.11 Å². The molecule has 1 N–H and O–H groups in total. The molecule has 0 aliphatic carbocycles. The number of nitrogens with one attached hydrogen (secondary N) is 1. The van der Waals surface area contributed by atoms with E-state index in [0.717, 1.165) is 32.4 Å². The van der Waals surface area contributed by atoms with E-state index in [4.69, 9.17) is 11.2 Å². The Morgan fingerprint density at radius 3 is 2.85 bits per heavy atom. The molecule has 2 nitrogen and oxygen atoms in total. The molecule has 0 aromatic heterocycles. The smallest absolute Gasteiger partial charge is 0.0476 e. The van der Waals surface area contributed by atoms with E-state index in [2.05, 4.69) is 18.2 Å². The second-order valence-electron chi connectivity index (χ2n) is 3.30. The summed E-state index contributed by atoms with van der Waals surface area (Å²) in [7, 11) is 1.74. The van der Waals surface area contributed by atoms with Crippen LogP contribution in [-0.4, -0.2) is 26.3 Å². The Bertz CT molecular complexity index is 140. The number of terminal acetylenes is 1. The number of ether oxygens (including phenoxy) is 1. The minimum absolute atomic E-state index is 0.547. The molecule has 0 saturated heterocycles. The molecule has 0 spiro atoms. The molecule has 0 saturated carbocycles. The van der Waals surface area contributed by atoms with E-state index < -0.39 is 0 Å². The van der Waals surface area contributed by atoms with Gasteiger partial charge in [0.25, 0.3) is 0 Å². The largest absolute Gasteiger partial charge is 0.385 e. The van der Waals surface area contributed by atoms with Crippen LogP contribution in [0, 0.1) is 12.3 Å². The first-order chi connectivity index (χ1) is 6.31. The molecule has 0 aromatic rings. The molecule has 0 amide bonds. The van der Waals surface area contributed by atoms with Gasteiger partial charge < -0.3 is 10.1 Å². The quantitative estimate of drug-likeness (QED) is 0.458. The third kappa shape index (κ3) is 9.39. The van der Waals surface area contributed by atoms with Crippen LogP contribution in [0.4, 0.5) is 0 Å². The van der Waals surface area contributed by atoms with E-state index in [-0.39, 0.29) is 0 Å². The third-order valence-electron chi connectivity index (χ3n) is 2.00. The summed E-state index contributed by atoms with van der Waals surface area (Å²) in [6, 6.07) is 0.547. The van der Waals surface area contributed by atoms with Gasteiger partial charge in [-0.1, -0.05) is 0 Å². The fourth-order valence-electron chi connectivity index (χ4n) is 1.10. The van der Waals surface area contributed by atoms with Crippen molar-refractivity contribution in [2.45, 2.75) is 38.6 Å². The Morgan fingerprint density at radius 2 is 2.23 bits per heavy atom. The maximum Gasteiger partial charge on any atom is 0.0476 e. The highest BCUT2D eigenvalue weighted by atomic mass is 16.5. The predicted molar refractivity (Wildman–Crippen MR) is 56.6 cm³/mol. The van der Waals surface area contributed by atoms with Crippen molar-refractivity contribution < 1.29 is 4.74 Å². The average Bonchev–Trinajstić information content (AvgIpc) is 2.14. The van der Waals surface area contributed by atoms with Crippen molar-refractivity contribution in [3.05, 3.63) is 0 Å². The topological polar surface area (TPSA) is 21.3 Å². The van der Waals surface area contributed by atoms with Crippen molar-refractivity contribution in [1.82, 2.24) is 5.32 Å². The lowest BCUT2D eigenvalue weighted by Crippen LogP contribution is -2.28. The van der Waals surface area contributed by atoms with E-state index >= 15 is 0 Å². The van der Waals surface area contributed by atoms with Gasteiger partial charge in [-0.3, -0.25) is 0 Å². The molecule has 0 heterocycles. The summed E-state index contributed by atoms with van der Waals surface area (Å²) in [5.41, 5.74) is 0. The van der Waals surface area contributed by atoms with Crippen LogP contribution in [0.1, 0.15) is 32.6 Å². The van der Waals surface area contributed by atoms with Gasteiger partial charge in [0.15, 0.2) is 0 Å². The first-order valence-corrected chi connectivity index (χ1v) is 4.97. The van der Waals surface area contributed by atoms with E-state index in [9.17, 15) is 0 Å². The van der Waals surface area contributed by atoms with Gasteiger partial charge in [-0.2, -0.15) is 0 Å². The molecule has 0 aliphatic heterocycles. The SMILES string of the molecule is C#CCCCCNC(C)CCOC. The Balaban J connectivity index is 3.08. The first-order valence-electron chi connectivity index (χ1n) is 4.97. The van der Waals surface area contributed by atoms with Crippen LogP contribution >= 0.6 is 0 Å². The summed E-state index contributed by atoms with van der Waals surface area (Å²) >= 11 is 0. The highest BCUT2D eigenvalue weighted by Crippen LogP contribution is 1.94. The molecule has 0 aromatic carbocycles. The Morgan fingerprint density at radius 1 is 1.46 bits per heavy atom. The molecule has 1 unspecified atom stereocenters. The molecule has 0 bridgehead atoms. The fraction of sp³-hybridized carbons (Fsp3) is 0.818. The second kappa shape index (κ2) is 9.57. The minimum atomic E-state index is 0.547. The van der Waals surface area contributed by atoms with Crippen molar-refractivity contribution in [2.75, 3.05) is 20.3 Å². The molecule has 76 valence electrons. The zero-order valence-corrected chi connectivity index (χ0v) is 8.81. The van der Waals surface area contributed by atoms with Crippen LogP contribution in [0.2, 0.25) is 0 Å². The van der Waals surface area contributed by atoms with Crippen LogP contribution in [0.15, 0.2) is 0 Å². The highest BCUT2D eigenvalue weighted by Gasteiger charge is 1.98. The monoisotopic (exact) mass is 183 g/mol. The van der Waals surface area contributed by atoms with Gasteiger partial charge in [0.05, 0.1) is 0 Å². The minimum Gasteiger partial charge on any atom is -0.385 e. The second-order valence-corrected chi connectivity index (χ2v) is 3.30. The maximum atomic E-state index is 5.15. The summed E-state index contributed by atoms with van der Waals surface area (Å²) < 4.78 is 4.99. The van der Waals surface area contributed by atoms with Crippen LogP contribution in [0.3, 0.4) is 0 Å². The summed E-state index contributed by atoms with van der Waals surface area (Å²) in [4.78, 5) is 0. The zero-order valence-electron chi connectivity index (χ0n) is 8.81. The van der Waals surface area contributed by atoms with Crippen molar-refractivity contribution in [3.63, 3.8) is 0 Å². The van der Waals surface area contributed by atoms with E-state index in [1.165, 1.54) is 6.42 Å². The van der Waals surface area contributed by atoms with E-state index in [1.807, 2.05) is 0 Å². The number of hydrogen-bond donors (Lipinski definition) is 1. The van der Waals surface area contributed by atoms with Crippen molar-refractivity contribution in [1.29, 1.82) is 0 Å². The first kappa shape index (κ1) is 12.5. The molecule has 2 heteroatoms.